The van der Waals surface area contributed by atoms with Crippen LogP contribution in [0.2, 0.25) is 0 Å². The van der Waals surface area contributed by atoms with Crippen molar-refractivity contribution in [3.05, 3.63) is 35.4 Å². The van der Waals surface area contributed by atoms with Crippen LogP contribution in [0.15, 0.2) is 24.3 Å². The van der Waals surface area contributed by atoms with E-state index in [2.05, 4.69) is 5.32 Å². The zero-order valence-corrected chi connectivity index (χ0v) is 15.2. The Morgan fingerprint density at radius 3 is 2.42 bits per heavy atom. The Kier molecular flexibility index (Phi) is 6.37. The molecule has 24 heavy (non-hydrogen) atoms. The fourth-order valence-corrected chi connectivity index (χ4v) is 4.42. The largest absolute Gasteiger partial charge is 0.352 e. The molecule has 1 aromatic rings. The predicted molar refractivity (Wildman–Crippen MR) is 94.9 cm³/mol. The Hall–Kier alpha value is -1.44. The third-order valence-corrected chi connectivity index (χ3v) is 6.45. The Balaban J connectivity index is 1.87. The number of piperidine rings is 1. The van der Waals surface area contributed by atoms with Crippen molar-refractivity contribution in [1.29, 1.82) is 0 Å². The maximum Gasteiger partial charge on any atom is 0.241 e. The smallest absolute Gasteiger partial charge is 0.241 e. The second-order valence-corrected chi connectivity index (χ2v) is 8.47. The Labute approximate surface area is 144 Å². The van der Waals surface area contributed by atoms with Gasteiger partial charge >= 0.3 is 0 Å². The minimum Gasteiger partial charge on any atom is -0.352 e. The van der Waals surface area contributed by atoms with Gasteiger partial charge in [0.25, 0.3) is 0 Å². The van der Waals surface area contributed by atoms with E-state index >= 15 is 0 Å². The average Bonchev–Trinajstić information content (AvgIpc) is 2.55. The van der Waals surface area contributed by atoms with E-state index in [-0.39, 0.29) is 17.7 Å². The molecule has 3 N–H and O–H groups in total. The molecule has 1 saturated heterocycles. The molecule has 1 aliphatic rings. The van der Waals surface area contributed by atoms with Gasteiger partial charge in [-0.15, -0.1) is 0 Å². The van der Waals surface area contributed by atoms with Crippen LogP contribution in [0.4, 0.5) is 0 Å². The van der Waals surface area contributed by atoms with Crippen molar-refractivity contribution in [3.63, 3.8) is 0 Å². The maximum atomic E-state index is 12.3. The van der Waals surface area contributed by atoms with Gasteiger partial charge in [-0.3, -0.25) is 4.79 Å². The lowest BCUT2D eigenvalue weighted by atomic mass is 10.0. The van der Waals surface area contributed by atoms with Crippen molar-refractivity contribution >= 4 is 15.9 Å². The number of sulfonamides is 1. The minimum absolute atomic E-state index is 0.0259. The number of amides is 1. The maximum absolute atomic E-state index is 12.3. The van der Waals surface area contributed by atoms with Gasteiger partial charge in [0.1, 0.15) is 6.04 Å². The molecule has 134 valence electrons. The normalized spacial score (nSPS) is 18.3. The van der Waals surface area contributed by atoms with Crippen molar-refractivity contribution in [1.82, 2.24) is 9.62 Å². The molecule has 1 aliphatic heterocycles. The fraction of sp³-hybridized carbons (Fsp3) is 0.588. The summed E-state index contributed by atoms with van der Waals surface area (Å²) in [7, 11) is -3.15. The fourth-order valence-electron chi connectivity index (χ4n) is 2.88. The Bertz CT molecular complexity index is 650. The lowest BCUT2D eigenvalue weighted by Gasteiger charge is -2.32. The highest BCUT2D eigenvalue weighted by atomic mass is 32.2. The summed E-state index contributed by atoms with van der Waals surface area (Å²) in [5, 5.41) is 2.95. The summed E-state index contributed by atoms with van der Waals surface area (Å²) < 4.78 is 25.6. The summed E-state index contributed by atoms with van der Waals surface area (Å²) in [5.41, 5.74) is 7.92. The topological polar surface area (TPSA) is 92.5 Å². The van der Waals surface area contributed by atoms with Crippen LogP contribution in [-0.2, 0) is 14.8 Å². The van der Waals surface area contributed by atoms with E-state index in [1.165, 1.54) is 4.31 Å². The molecular weight excluding hydrogens is 326 g/mol. The van der Waals surface area contributed by atoms with Gasteiger partial charge < -0.3 is 11.1 Å². The standard InChI is InChI=1S/C17H27N3O3S/c1-3-12-24(22,23)20-10-8-15(9-11-20)19-17(21)16(18)14-6-4-13(2)5-7-14/h4-7,15-16H,3,8-12,18H2,1-2H3,(H,19,21). The summed E-state index contributed by atoms with van der Waals surface area (Å²) in [6.45, 7) is 4.74. The molecule has 0 saturated carbocycles. The van der Waals surface area contributed by atoms with Gasteiger partial charge in [-0.05, 0) is 31.7 Å². The number of nitrogens with one attached hydrogen (secondary N) is 1. The summed E-state index contributed by atoms with van der Waals surface area (Å²) in [5.74, 6) is -0.0313. The molecule has 0 aromatic heterocycles. The molecule has 6 nitrogen and oxygen atoms in total. The number of benzene rings is 1. The van der Waals surface area contributed by atoms with E-state index in [0.717, 1.165) is 11.1 Å². The average molecular weight is 353 g/mol. The number of rotatable bonds is 6. The van der Waals surface area contributed by atoms with Crippen LogP contribution in [0, 0.1) is 6.92 Å². The van der Waals surface area contributed by atoms with Crippen LogP contribution in [0.3, 0.4) is 0 Å². The second kappa shape index (κ2) is 8.09. The van der Waals surface area contributed by atoms with Crippen molar-refractivity contribution in [2.75, 3.05) is 18.8 Å². The number of nitrogens with two attached hydrogens (primary N) is 1. The lowest BCUT2D eigenvalue weighted by Crippen LogP contribution is -2.48. The summed E-state index contributed by atoms with van der Waals surface area (Å²) in [6, 6.07) is 6.85. The molecule has 2 rings (SSSR count). The first-order valence-electron chi connectivity index (χ1n) is 8.44. The highest BCUT2D eigenvalue weighted by molar-refractivity contribution is 7.89. The molecule has 0 bridgehead atoms. The number of carbonyl (C=O) groups excluding carboxylic acids is 1. The van der Waals surface area contributed by atoms with Crippen LogP contribution < -0.4 is 11.1 Å². The first-order chi connectivity index (χ1) is 11.3. The predicted octanol–water partition coefficient (Wildman–Crippen LogP) is 1.32. The lowest BCUT2D eigenvalue weighted by molar-refractivity contribution is -0.123. The monoisotopic (exact) mass is 353 g/mol. The van der Waals surface area contributed by atoms with Gasteiger partial charge in [-0.25, -0.2) is 12.7 Å². The highest BCUT2D eigenvalue weighted by Crippen LogP contribution is 2.17. The van der Waals surface area contributed by atoms with Gasteiger partial charge in [0.15, 0.2) is 0 Å². The number of hydrogen-bond donors (Lipinski definition) is 2. The van der Waals surface area contributed by atoms with E-state index in [4.69, 9.17) is 5.73 Å². The van der Waals surface area contributed by atoms with Crippen LogP contribution >= 0.6 is 0 Å². The van der Waals surface area contributed by atoms with Crippen molar-refractivity contribution in [2.45, 2.75) is 45.2 Å². The molecule has 1 fully saturated rings. The minimum atomic E-state index is -3.15. The molecule has 1 atom stereocenters. The van der Waals surface area contributed by atoms with Gasteiger partial charge in [0, 0.05) is 19.1 Å². The Morgan fingerprint density at radius 1 is 1.29 bits per heavy atom. The number of aryl methyl sites for hydroxylation is 1. The molecule has 0 radical (unpaired) electrons. The van der Waals surface area contributed by atoms with E-state index in [0.29, 0.717) is 32.4 Å². The number of carbonyl (C=O) groups is 1. The molecule has 1 amide bonds. The number of nitrogens with zero attached hydrogens (tertiary/aromatic N) is 1. The highest BCUT2D eigenvalue weighted by Gasteiger charge is 2.29. The third kappa shape index (κ3) is 4.78. The van der Waals surface area contributed by atoms with Gasteiger partial charge in [0.2, 0.25) is 15.9 Å². The third-order valence-electron chi connectivity index (χ3n) is 4.37. The quantitative estimate of drug-likeness (QED) is 0.806. The van der Waals surface area contributed by atoms with E-state index in [1.54, 1.807) is 0 Å². The van der Waals surface area contributed by atoms with E-state index < -0.39 is 16.1 Å². The molecule has 7 heteroatoms. The van der Waals surface area contributed by atoms with Crippen LogP contribution in [0.1, 0.15) is 43.4 Å². The van der Waals surface area contributed by atoms with Crippen molar-refractivity contribution < 1.29 is 13.2 Å². The second-order valence-electron chi connectivity index (χ2n) is 6.39. The zero-order valence-electron chi connectivity index (χ0n) is 14.4. The molecule has 1 aromatic carbocycles. The van der Waals surface area contributed by atoms with Crippen LogP contribution in [-0.4, -0.2) is 43.5 Å². The molecule has 1 unspecified atom stereocenters. The SMILES string of the molecule is CCCS(=O)(=O)N1CCC(NC(=O)C(N)c2ccc(C)cc2)CC1. The molecule has 0 spiro atoms. The first kappa shape index (κ1) is 18.9. The van der Waals surface area contributed by atoms with E-state index in [9.17, 15) is 13.2 Å². The van der Waals surface area contributed by atoms with Crippen LogP contribution in [0.25, 0.3) is 0 Å². The van der Waals surface area contributed by atoms with Gasteiger partial charge in [0.05, 0.1) is 5.75 Å². The van der Waals surface area contributed by atoms with Crippen LogP contribution in [0.5, 0.6) is 0 Å². The summed E-state index contributed by atoms with van der Waals surface area (Å²) in [4.78, 5) is 12.3. The number of hydrogen-bond acceptors (Lipinski definition) is 4. The molecule has 1 heterocycles. The first-order valence-corrected chi connectivity index (χ1v) is 10.0. The van der Waals surface area contributed by atoms with Crippen molar-refractivity contribution in [3.8, 4) is 0 Å². The van der Waals surface area contributed by atoms with Crippen molar-refractivity contribution in [2.24, 2.45) is 5.73 Å². The van der Waals surface area contributed by atoms with Gasteiger partial charge in [-0.2, -0.15) is 0 Å². The summed E-state index contributed by atoms with van der Waals surface area (Å²) in [6.07, 6.45) is 1.86. The van der Waals surface area contributed by atoms with Gasteiger partial charge in [-0.1, -0.05) is 36.8 Å². The summed E-state index contributed by atoms with van der Waals surface area (Å²) >= 11 is 0. The molecular formula is C17H27N3O3S. The van der Waals surface area contributed by atoms with E-state index in [1.807, 2.05) is 38.1 Å². The zero-order chi connectivity index (χ0) is 17.7. The Morgan fingerprint density at radius 2 is 1.88 bits per heavy atom. The molecule has 0 aliphatic carbocycles.